The molecule has 0 spiro atoms. The normalized spacial score (nSPS) is 17.8. The number of Topliss-reactive ketones (excluding diaryl/α,β-unsaturated/α-hetero) is 1. The first-order chi connectivity index (χ1) is 19.6. The van der Waals surface area contributed by atoms with Crippen molar-refractivity contribution < 1.29 is 27.9 Å². The number of aliphatic carboxylic acids is 1. The second-order valence-electron chi connectivity index (χ2n) is 11.2. The molecule has 0 radical (unpaired) electrons. The van der Waals surface area contributed by atoms with Crippen LogP contribution >= 0.6 is 11.3 Å². The summed E-state index contributed by atoms with van der Waals surface area (Å²) in [6.45, 7) is 3.19. The van der Waals surface area contributed by atoms with Gasteiger partial charge in [-0.05, 0) is 77.4 Å². The SMILES string of the molecule is Cc1cc(N2CCCS(=O)(=O)C2)ccc1-c1csc2ccc(COc3ccc(C4(CC(=O)O)CC(=O)C4)cc3)cc12. The molecule has 1 aliphatic carbocycles. The van der Waals surface area contributed by atoms with Crippen molar-refractivity contribution in [1.82, 2.24) is 0 Å². The first-order valence-electron chi connectivity index (χ1n) is 13.6. The van der Waals surface area contributed by atoms with E-state index >= 15 is 0 Å². The van der Waals surface area contributed by atoms with Crippen LogP contribution in [0.5, 0.6) is 5.75 Å². The van der Waals surface area contributed by atoms with Crippen LogP contribution < -0.4 is 9.64 Å². The summed E-state index contributed by atoms with van der Waals surface area (Å²) in [5.74, 6) is 0.209. The molecule has 6 rings (SSSR count). The maximum Gasteiger partial charge on any atom is 0.304 e. The fourth-order valence-electron chi connectivity index (χ4n) is 6.06. The number of nitrogens with zero attached hydrogens (tertiary/aromatic N) is 1. The van der Waals surface area contributed by atoms with Gasteiger partial charge in [0.1, 0.15) is 24.0 Å². The Morgan fingerprint density at radius 1 is 1.05 bits per heavy atom. The van der Waals surface area contributed by atoms with E-state index in [1.807, 2.05) is 35.2 Å². The molecule has 4 aromatic rings. The maximum atomic E-state index is 12.1. The predicted molar refractivity (Wildman–Crippen MR) is 162 cm³/mol. The number of fused-ring (bicyclic) bond motifs is 1. The van der Waals surface area contributed by atoms with Crippen LogP contribution in [0, 0.1) is 6.92 Å². The molecular weight excluding hydrogens is 558 g/mol. The Kier molecular flexibility index (Phi) is 7.11. The summed E-state index contributed by atoms with van der Waals surface area (Å²) in [6.07, 6.45) is 1.14. The molecule has 0 unspecified atom stereocenters. The third-order valence-corrected chi connectivity index (χ3v) is 10.8. The molecule has 0 bridgehead atoms. The van der Waals surface area contributed by atoms with Gasteiger partial charge in [0.15, 0.2) is 9.84 Å². The fourth-order valence-corrected chi connectivity index (χ4v) is 8.45. The zero-order valence-corrected chi connectivity index (χ0v) is 24.4. The molecule has 1 saturated heterocycles. The van der Waals surface area contributed by atoms with Crippen molar-refractivity contribution in [2.75, 3.05) is 23.1 Å². The van der Waals surface area contributed by atoms with Crippen molar-refractivity contribution >= 4 is 48.7 Å². The number of hydrogen-bond donors (Lipinski definition) is 1. The molecule has 1 saturated carbocycles. The highest BCUT2D eigenvalue weighted by molar-refractivity contribution is 7.91. The van der Waals surface area contributed by atoms with Crippen LogP contribution in [-0.4, -0.2) is 43.5 Å². The Morgan fingerprint density at radius 2 is 1.83 bits per heavy atom. The van der Waals surface area contributed by atoms with Gasteiger partial charge in [0, 0.05) is 46.1 Å². The Labute approximate surface area is 243 Å². The van der Waals surface area contributed by atoms with Crippen molar-refractivity contribution in [1.29, 1.82) is 0 Å². The number of carboxylic acid groups (broad SMARTS) is 1. The number of benzene rings is 3. The number of anilines is 1. The van der Waals surface area contributed by atoms with Gasteiger partial charge in [-0.15, -0.1) is 11.3 Å². The summed E-state index contributed by atoms with van der Waals surface area (Å²) in [5, 5.41) is 12.6. The second-order valence-corrected chi connectivity index (χ2v) is 14.3. The van der Waals surface area contributed by atoms with Crippen molar-refractivity contribution in [2.24, 2.45) is 0 Å². The van der Waals surface area contributed by atoms with Crippen LogP contribution in [0.3, 0.4) is 0 Å². The van der Waals surface area contributed by atoms with Crippen molar-refractivity contribution in [3.63, 3.8) is 0 Å². The molecule has 1 aliphatic heterocycles. The van der Waals surface area contributed by atoms with Gasteiger partial charge in [-0.2, -0.15) is 0 Å². The van der Waals surface area contributed by atoms with Crippen molar-refractivity contribution in [2.45, 2.75) is 44.6 Å². The van der Waals surface area contributed by atoms with Crippen LogP contribution in [0.1, 0.15) is 42.4 Å². The van der Waals surface area contributed by atoms with E-state index in [4.69, 9.17) is 4.74 Å². The Bertz CT molecular complexity index is 1750. The van der Waals surface area contributed by atoms with Crippen molar-refractivity contribution in [3.05, 3.63) is 82.7 Å². The van der Waals surface area contributed by atoms with Gasteiger partial charge >= 0.3 is 5.97 Å². The molecule has 212 valence electrons. The number of thiophene rings is 1. The molecule has 3 aromatic carbocycles. The number of hydrogen-bond acceptors (Lipinski definition) is 7. The van der Waals surface area contributed by atoms with Gasteiger partial charge in [-0.1, -0.05) is 24.3 Å². The molecule has 7 nitrogen and oxygen atoms in total. The summed E-state index contributed by atoms with van der Waals surface area (Å²) in [4.78, 5) is 25.0. The number of carbonyl (C=O) groups excluding carboxylic acids is 1. The number of ether oxygens (including phenoxy) is 1. The fraction of sp³-hybridized carbons (Fsp3) is 0.312. The highest BCUT2D eigenvalue weighted by atomic mass is 32.2. The molecule has 0 amide bonds. The third kappa shape index (κ3) is 5.61. The summed E-state index contributed by atoms with van der Waals surface area (Å²) in [7, 11) is -3.04. The van der Waals surface area contributed by atoms with E-state index in [1.165, 1.54) is 4.70 Å². The minimum absolute atomic E-state index is 0.0513. The third-order valence-electron chi connectivity index (χ3n) is 8.17. The van der Waals surface area contributed by atoms with E-state index in [-0.39, 0.29) is 36.7 Å². The Hall–Kier alpha value is -3.69. The van der Waals surface area contributed by atoms with Crippen LogP contribution in [0.15, 0.2) is 66.0 Å². The number of carbonyl (C=O) groups is 2. The monoisotopic (exact) mass is 589 g/mol. The molecule has 2 aliphatic rings. The standard InChI is InChI=1S/C32H31NO6S2/c1-21-13-24(33-11-2-12-41(37,38)20-33)6-9-27(21)29-19-40-30-10-3-22(14-28(29)30)18-39-26-7-4-23(5-8-26)32(17-31(35)36)15-25(34)16-32/h3-10,13-14,19H,2,11-12,15-18,20H2,1H3,(H,35,36). The molecule has 2 fully saturated rings. The Morgan fingerprint density at radius 3 is 2.51 bits per heavy atom. The van der Waals surface area contributed by atoms with E-state index in [9.17, 15) is 23.1 Å². The van der Waals surface area contributed by atoms with E-state index in [0.29, 0.717) is 18.8 Å². The molecule has 0 atom stereocenters. The predicted octanol–water partition coefficient (Wildman–Crippen LogP) is 6.11. The Balaban J connectivity index is 1.18. The topological polar surface area (TPSA) is 101 Å². The zero-order valence-electron chi connectivity index (χ0n) is 22.8. The van der Waals surface area contributed by atoms with Gasteiger partial charge in [0.25, 0.3) is 0 Å². The molecular formula is C32H31NO6S2. The first-order valence-corrected chi connectivity index (χ1v) is 16.3. The lowest BCUT2D eigenvalue weighted by atomic mass is 9.62. The summed E-state index contributed by atoms with van der Waals surface area (Å²) < 4.78 is 31.5. The average Bonchev–Trinajstić information content (AvgIpc) is 3.33. The first kappa shape index (κ1) is 27.5. The number of ketones is 1. The van der Waals surface area contributed by atoms with Crippen LogP contribution in [-0.2, 0) is 31.4 Å². The van der Waals surface area contributed by atoms with Crippen LogP contribution in [0.25, 0.3) is 21.2 Å². The van der Waals surface area contributed by atoms with E-state index in [2.05, 4.69) is 42.6 Å². The van der Waals surface area contributed by atoms with Gasteiger partial charge in [0.2, 0.25) is 0 Å². The number of sulfone groups is 1. The number of rotatable bonds is 8. The van der Waals surface area contributed by atoms with Gasteiger partial charge in [0.05, 0.1) is 12.2 Å². The maximum absolute atomic E-state index is 12.1. The quantitative estimate of drug-likeness (QED) is 0.265. The highest BCUT2D eigenvalue weighted by Gasteiger charge is 2.46. The van der Waals surface area contributed by atoms with E-state index < -0.39 is 21.2 Å². The van der Waals surface area contributed by atoms with Crippen LogP contribution in [0.2, 0.25) is 0 Å². The van der Waals surface area contributed by atoms with E-state index in [1.54, 1.807) is 11.3 Å². The summed E-state index contributed by atoms with van der Waals surface area (Å²) in [5.41, 5.74) is 5.58. The molecule has 41 heavy (non-hydrogen) atoms. The lowest BCUT2D eigenvalue weighted by Gasteiger charge is -2.39. The highest BCUT2D eigenvalue weighted by Crippen LogP contribution is 2.44. The number of carboxylic acids is 1. The lowest BCUT2D eigenvalue weighted by Crippen LogP contribution is -2.43. The minimum atomic E-state index is -3.04. The van der Waals surface area contributed by atoms with Crippen LogP contribution in [0.4, 0.5) is 5.69 Å². The second kappa shape index (κ2) is 10.6. The molecule has 1 aromatic heterocycles. The lowest BCUT2D eigenvalue weighted by molar-refractivity contribution is -0.141. The average molecular weight is 590 g/mol. The zero-order chi connectivity index (χ0) is 28.8. The number of aryl methyl sites for hydroxylation is 1. The molecule has 1 N–H and O–H groups in total. The molecule has 2 heterocycles. The molecule has 9 heteroatoms. The van der Waals surface area contributed by atoms with Gasteiger partial charge in [-0.25, -0.2) is 8.42 Å². The van der Waals surface area contributed by atoms with Gasteiger partial charge in [-0.3, -0.25) is 9.59 Å². The summed E-state index contributed by atoms with van der Waals surface area (Å²) in [6, 6.07) is 19.9. The largest absolute Gasteiger partial charge is 0.489 e. The van der Waals surface area contributed by atoms with E-state index in [0.717, 1.165) is 45.4 Å². The summed E-state index contributed by atoms with van der Waals surface area (Å²) >= 11 is 1.69. The minimum Gasteiger partial charge on any atom is -0.489 e. The smallest absolute Gasteiger partial charge is 0.304 e. The van der Waals surface area contributed by atoms with Crippen molar-refractivity contribution in [3.8, 4) is 16.9 Å². The van der Waals surface area contributed by atoms with Gasteiger partial charge < -0.3 is 14.7 Å².